The van der Waals surface area contributed by atoms with Crippen LogP contribution in [-0.4, -0.2) is 17.1 Å². The highest BCUT2D eigenvalue weighted by Gasteiger charge is 2.17. The van der Waals surface area contributed by atoms with Gasteiger partial charge in [-0.2, -0.15) is 0 Å². The van der Waals surface area contributed by atoms with Gasteiger partial charge >= 0.3 is 5.97 Å². The smallest absolute Gasteiger partial charge is 0.307 e. The molecule has 0 saturated heterocycles. The summed E-state index contributed by atoms with van der Waals surface area (Å²) in [7, 11) is 0. The van der Waals surface area contributed by atoms with Crippen LogP contribution < -0.4 is 0 Å². The molecule has 0 aliphatic rings. The minimum absolute atomic E-state index is 0.165. The molecule has 0 bridgehead atoms. The normalized spacial score (nSPS) is 11.0. The van der Waals surface area contributed by atoms with Gasteiger partial charge in [-0.15, -0.1) is 0 Å². The second-order valence-electron chi connectivity index (χ2n) is 5.76. The number of aromatic nitrogens is 1. The van der Waals surface area contributed by atoms with Crippen molar-refractivity contribution in [3.05, 3.63) is 58.6 Å². The van der Waals surface area contributed by atoms with Crippen molar-refractivity contribution in [3.63, 3.8) is 0 Å². The summed E-state index contributed by atoms with van der Waals surface area (Å²) in [6.07, 6.45) is 0.359. The van der Waals surface area contributed by atoms with Crippen LogP contribution in [0.25, 0.3) is 22.2 Å². The van der Waals surface area contributed by atoms with E-state index in [0.29, 0.717) is 19.6 Å². The van der Waals surface area contributed by atoms with E-state index < -0.39 is 0 Å². The van der Waals surface area contributed by atoms with Crippen molar-refractivity contribution in [2.24, 2.45) is 0 Å². The van der Waals surface area contributed by atoms with Gasteiger partial charge in [-0.1, -0.05) is 42.0 Å². The lowest BCUT2D eigenvalue weighted by atomic mass is 10.1. The summed E-state index contributed by atoms with van der Waals surface area (Å²) >= 11 is 3.77. The number of hydrogen-bond donors (Lipinski definition) is 0. The van der Waals surface area contributed by atoms with Gasteiger partial charge < -0.3 is 9.30 Å². The maximum atomic E-state index is 11.8. The fraction of sp³-hybridized carbons (Fsp3) is 0.250. The highest BCUT2D eigenvalue weighted by molar-refractivity contribution is 9.10. The van der Waals surface area contributed by atoms with Crippen LogP contribution in [-0.2, 0) is 16.1 Å². The molecule has 0 aliphatic carbocycles. The third-order valence-corrected chi connectivity index (χ3v) is 4.85. The molecular formula is C20H20BrNO2. The Labute approximate surface area is 150 Å². The first-order chi connectivity index (χ1) is 11.6. The number of fused-ring (bicyclic) bond motifs is 1. The molecule has 3 rings (SSSR count). The molecule has 2 aromatic carbocycles. The summed E-state index contributed by atoms with van der Waals surface area (Å²) in [5.74, 6) is -0.165. The molecule has 0 spiro atoms. The highest BCUT2D eigenvalue weighted by Crippen LogP contribution is 2.38. The summed E-state index contributed by atoms with van der Waals surface area (Å²) in [4.78, 5) is 11.8. The van der Waals surface area contributed by atoms with Crippen LogP contribution in [0.15, 0.2) is 53.0 Å². The van der Waals surface area contributed by atoms with Crippen LogP contribution in [0.2, 0.25) is 0 Å². The Hall–Kier alpha value is -2.07. The number of ether oxygens (including phenoxy) is 1. The molecule has 0 atom stereocenters. The molecule has 0 N–H and O–H groups in total. The number of rotatable bonds is 5. The third kappa shape index (κ3) is 3.24. The highest BCUT2D eigenvalue weighted by atomic mass is 79.9. The fourth-order valence-corrected chi connectivity index (χ4v) is 3.74. The predicted octanol–water partition coefficient (Wildman–Crippen LogP) is 5.33. The number of hydrogen-bond acceptors (Lipinski definition) is 2. The molecule has 1 aromatic heterocycles. The Morgan fingerprint density at radius 1 is 1.17 bits per heavy atom. The average Bonchev–Trinajstić information content (AvgIpc) is 2.86. The van der Waals surface area contributed by atoms with Crippen LogP contribution >= 0.6 is 15.9 Å². The van der Waals surface area contributed by atoms with Gasteiger partial charge in [-0.05, 0) is 47.5 Å². The van der Waals surface area contributed by atoms with E-state index in [0.717, 1.165) is 26.6 Å². The summed E-state index contributed by atoms with van der Waals surface area (Å²) in [6, 6.07) is 16.6. The minimum atomic E-state index is -0.165. The molecule has 124 valence electrons. The van der Waals surface area contributed by atoms with Crippen LogP contribution in [0.5, 0.6) is 0 Å². The zero-order chi connectivity index (χ0) is 17.1. The first kappa shape index (κ1) is 16.8. The van der Waals surface area contributed by atoms with E-state index >= 15 is 0 Å². The van der Waals surface area contributed by atoms with Crippen LogP contribution in [0, 0.1) is 6.92 Å². The number of aryl methyl sites for hydroxylation is 2. The molecule has 3 nitrogen and oxygen atoms in total. The second kappa shape index (κ2) is 7.22. The van der Waals surface area contributed by atoms with Gasteiger partial charge in [0.05, 0.1) is 23.2 Å². The van der Waals surface area contributed by atoms with Crippen molar-refractivity contribution >= 4 is 32.8 Å². The number of benzene rings is 2. The third-order valence-electron chi connectivity index (χ3n) is 4.05. The maximum absolute atomic E-state index is 11.8. The van der Waals surface area contributed by atoms with Crippen molar-refractivity contribution < 1.29 is 9.53 Å². The Kier molecular flexibility index (Phi) is 5.05. The maximum Gasteiger partial charge on any atom is 0.307 e. The fourth-order valence-electron chi connectivity index (χ4n) is 2.97. The molecule has 0 radical (unpaired) electrons. The van der Waals surface area contributed by atoms with Crippen molar-refractivity contribution in [1.29, 1.82) is 0 Å². The minimum Gasteiger partial charge on any atom is -0.466 e. The van der Waals surface area contributed by atoms with E-state index in [9.17, 15) is 4.79 Å². The topological polar surface area (TPSA) is 31.2 Å². The number of carbonyl (C=O) groups excluding carboxylic acids is 1. The Balaban J connectivity index is 2.12. The van der Waals surface area contributed by atoms with Crippen molar-refractivity contribution in [3.8, 4) is 11.3 Å². The number of nitrogens with zero attached hydrogens (tertiary/aromatic N) is 1. The van der Waals surface area contributed by atoms with Crippen molar-refractivity contribution in [2.75, 3.05) is 6.61 Å². The van der Waals surface area contributed by atoms with Gasteiger partial charge in [0, 0.05) is 17.4 Å². The van der Waals surface area contributed by atoms with Crippen molar-refractivity contribution in [2.45, 2.75) is 26.8 Å². The molecule has 0 unspecified atom stereocenters. The van der Waals surface area contributed by atoms with Crippen LogP contribution in [0.4, 0.5) is 0 Å². The lowest BCUT2D eigenvalue weighted by Crippen LogP contribution is -2.09. The first-order valence-electron chi connectivity index (χ1n) is 8.11. The van der Waals surface area contributed by atoms with E-state index in [1.807, 2.05) is 25.1 Å². The molecule has 0 saturated carbocycles. The molecule has 0 aliphatic heterocycles. The zero-order valence-electron chi connectivity index (χ0n) is 13.9. The summed E-state index contributed by atoms with van der Waals surface area (Å²) in [6.45, 7) is 4.93. The number of halogens is 1. The van der Waals surface area contributed by atoms with Gasteiger partial charge in [-0.25, -0.2) is 0 Å². The summed E-state index contributed by atoms with van der Waals surface area (Å²) in [5, 5.41) is 1.16. The van der Waals surface area contributed by atoms with Gasteiger partial charge in [-0.3, -0.25) is 4.79 Å². The van der Waals surface area contributed by atoms with E-state index in [1.54, 1.807) is 0 Å². The molecular weight excluding hydrogens is 366 g/mol. The number of esters is 1. The standard InChI is InChI=1S/C20H20BrNO2/c1-3-24-18(23)11-12-22-17-10-9-14(2)13-16(17)19(21)20(22)15-7-5-4-6-8-15/h4-10,13H,3,11-12H2,1-2H3. The van der Waals surface area contributed by atoms with Crippen LogP contribution in [0.1, 0.15) is 18.9 Å². The monoisotopic (exact) mass is 385 g/mol. The van der Waals surface area contributed by atoms with E-state index in [1.165, 1.54) is 5.56 Å². The van der Waals surface area contributed by atoms with E-state index in [-0.39, 0.29) is 5.97 Å². The Morgan fingerprint density at radius 3 is 2.62 bits per heavy atom. The lowest BCUT2D eigenvalue weighted by Gasteiger charge is -2.11. The van der Waals surface area contributed by atoms with E-state index in [4.69, 9.17) is 4.74 Å². The second-order valence-corrected chi connectivity index (χ2v) is 6.55. The molecule has 4 heteroatoms. The quantitative estimate of drug-likeness (QED) is 0.555. The zero-order valence-corrected chi connectivity index (χ0v) is 15.5. The Bertz CT molecular complexity index is 868. The molecule has 0 fully saturated rings. The summed E-state index contributed by atoms with van der Waals surface area (Å²) in [5.41, 5.74) is 4.56. The van der Waals surface area contributed by atoms with Crippen LogP contribution in [0.3, 0.4) is 0 Å². The van der Waals surface area contributed by atoms with Crippen molar-refractivity contribution in [1.82, 2.24) is 4.57 Å². The Morgan fingerprint density at radius 2 is 1.92 bits per heavy atom. The van der Waals surface area contributed by atoms with Gasteiger partial charge in [0.15, 0.2) is 0 Å². The van der Waals surface area contributed by atoms with Gasteiger partial charge in [0.1, 0.15) is 0 Å². The lowest BCUT2D eigenvalue weighted by molar-refractivity contribution is -0.143. The number of carbonyl (C=O) groups is 1. The van der Waals surface area contributed by atoms with Gasteiger partial charge in [0.25, 0.3) is 0 Å². The SMILES string of the molecule is CCOC(=O)CCn1c(-c2ccccc2)c(Br)c2cc(C)ccc21. The summed E-state index contributed by atoms with van der Waals surface area (Å²) < 4.78 is 8.35. The molecule has 3 aromatic rings. The molecule has 1 heterocycles. The predicted molar refractivity (Wildman–Crippen MR) is 101 cm³/mol. The first-order valence-corrected chi connectivity index (χ1v) is 8.90. The average molecular weight is 386 g/mol. The largest absolute Gasteiger partial charge is 0.466 e. The molecule has 0 amide bonds. The molecule has 24 heavy (non-hydrogen) atoms. The van der Waals surface area contributed by atoms with E-state index in [2.05, 4.69) is 57.8 Å². The van der Waals surface area contributed by atoms with Gasteiger partial charge in [0.2, 0.25) is 0 Å².